The number of rotatable bonds is 33. The second-order valence-corrected chi connectivity index (χ2v) is 34.3. The fourth-order valence-electron chi connectivity index (χ4n) is 17.9. The quantitative estimate of drug-likeness (QED) is 0.0386. The molecule has 129 heavy (non-hydrogen) atoms. The molecule has 20 heterocycles. The number of nitrogens with zero attached hydrogens (tertiary/aromatic N) is 32. The Labute approximate surface area is 749 Å². The largest absolute Gasteiger partial charge is 0.393 e. The third-order valence-corrected chi connectivity index (χ3v) is 25.9. The summed E-state index contributed by atoms with van der Waals surface area (Å²) in [4.78, 5) is 29.1. The molecule has 35 nitrogen and oxygen atoms in total. The van der Waals surface area contributed by atoms with Crippen LogP contribution in [0.1, 0.15) is 157 Å². The first-order valence-corrected chi connectivity index (χ1v) is 46.2. The van der Waals surface area contributed by atoms with Gasteiger partial charge in [0.1, 0.15) is 6.17 Å². The number of halogens is 1. The van der Waals surface area contributed by atoms with Crippen molar-refractivity contribution in [3.63, 3.8) is 0 Å². The monoisotopic (exact) mass is 1750 g/mol. The number of hydrogen-bond acceptors (Lipinski definition) is 23. The minimum absolute atomic E-state index is 0.142. The summed E-state index contributed by atoms with van der Waals surface area (Å²) < 4.78 is 41.9. The van der Waals surface area contributed by atoms with Gasteiger partial charge in [-0.3, -0.25) is 52.2 Å². The number of aliphatic hydroxyl groups is 2. The molecule has 0 amide bonds. The van der Waals surface area contributed by atoms with Crippen LogP contribution in [0, 0.1) is 0 Å². The third-order valence-electron chi connectivity index (χ3n) is 25.9. The zero-order valence-corrected chi connectivity index (χ0v) is 75.6. The summed E-state index contributed by atoms with van der Waals surface area (Å²) in [7, 11) is 1.79. The maximum atomic E-state index is 13.0. The summed E-state index contributed by atoms with van der Waals surface area (Å²) in [6.07, 6.45) is 57.9. The van der Waals surface area contributed by atoms with E-state index in [-0.39, 0.29) is 12.2 Å². The SMILES string of the molecule is CCC(CC)n1cc(-c2nc(-c3cnn(CCN4CC(F)C4)c3)cn3nccc23)cn1.CCC(CC)n1cc(-c2nc(-c3cnn(CCN4CCC(O)CC4)c3)cn3nccc23)cn1.CCC(CC)n1cc(-c2nc(-c3cnn(CCN4CC[C@H](O)C4)c3)cn3nccc23)cn1.CCC(CC)n1cc(-c2nc(-c3cnn(CCN4CC[C@H](OC)C4)c3)cn3nccc23)cn1. The molecule has 4 saturated heterocycles. The normalized spacial score (nSPS) is 16.3. The molecule has 4 aliphatic rings. The molecular weight excluding hydrogens is 1630 g/mol. The fourth-order valence-corrected chi connectivity index (χ4v) is 17.9. The zero-order valence-electron chi connectivity index (χ0n) is 75.6. The summed E-state index contributed by atoms with van der Waals surface area (Å²) >= 11 is 0. The van der Waals surface area contributed by atoms with Gasteiger partial charge in [0.15, 0.2) is 0 Å². The van der Waals surface area contributed by atoms with Crippen LogP contribution in [0.2, 0.25) is 0 Å². The lowest BCUT2D eigenvalue weighted by molar-refractivity contribution is 0.0619. The first-order valence-electron chi connectivity index (χ1n) is 46.2. The van der Waals surface area contributed by atoms with E-state index in [2.05, 4.69) is 172 Å². The van der Waals surface area contributed by atoms with Gasteiger partial charge in [-0.2, -0.15) is 61.2 Å². The highest BCUT2D eigenvalue weighted by molar-refractivity contribution is 5.81. The molecule has 0 bridgehead atoms. The van der Waals surface area contributed by atoms with Crippen molar-refractivity contribution in [3.05, 3.63) is 173 Å². The summed E-state index contributed by atoms with van der Waals surface area (Å²) in [5, 5.41) is 73.8. The highest BCUT2D eigenvalue weighted by Crippen LogP contribution is 2.35. The molecule has 678 valence electrons. The molecule has 0 radical (unpaired) electrons. The van der Waals surface area contributed by atoms with Crippen LogP contribution >= 0.6 is 0 Å². The van der Waals surface area contributed by atoms with Crippen molar-refractivity contribution in [2.24, 2.45) is 0 Å². The molecule has 4 fully saturated rings. The van der Waals surface area contributed by atoms with Crippen molar-refractivity contribution in [1.29, 1.82) is 0 Å². The van der Waals surface area contributed by atoms with Crippen LogP contribution in [-0.2, 0) is 30.9 Å². The number of ether oxygens (including phenoxy) is 1. The Morgan fingerprint density at radius 1 is 0.310 bits per heavy atom. The maximum absolute atomic E-state index is 13.0. The summed E-state index contributed by atoms with van der Waals surface area (Å²) in [5.41, 5.74) is 18.4. The van der Waals surface area contributed by atoms with Gasteiger partial charge in [-0.05, 0) is 101 Å². The van der Waals surface area contributed by atoms with E-state index in [0.717, 1.165) is 281 Å². The summed E-state index contributed by atoms with van der Waals surface area (Å²) in [5.74, 6) is 0. The van der Waals surface area contributed by atoms with Gasteiger partial charge in [-0.25, -0.2) is 42.4 Å². The van der Waals surface area contributed by atoms with Crippen molar-refractivity contribution >= 4 is 22.1 Å². The number of hydrogen-bond donors (Lipinski definition) is 2. The second-order valence-electron chi connectivity index (χ2n) is 34.3. The number of β-amino-alcohol motifs (C(OH)–C–C–N with tert-alkyl or cyclic N) is 1. The molecule has 4 aliphatic heterocycles. The van der Waals surface area contributed by atoms with Gasteiger partial charge < -0.3 is 19.8 Å². The van der Waals surface area contributed by atoms with Gasteiger partial charge in [-0.1, -0.05) is 55.4 Å². The molecule has 0 aliphatic carbocycles. The number of likely N-dealkylation sites (tertiary alicyclic amines) is 4. The van der Waals surface area contributed by atoms with Crippen LogP contribution in [0.5, 0.6) is 0 Å². The number of methoxy groups -OCH3 is 1. The van der Waals surface area contributed by atoms with E-state index in [0.29, 0.717) is 43.4 Å². The molecule has 20 rings (SSSR count). The Hall–Kier alpha value is -12.2. The molecule has 0 aromatic carbocycles. The molecule has 0 unspecified atom stereocenters. The van der Waals surface area contributed by atoms with E-state index >= 15 is 0 Å². The standard InChI is InChI=1S/2C24H32N8O.C23H30N8O.C22H27FN8/c1-4-20(5-2)31-15-19(13-27-31)24-23-6-8-25-32(23)17-22(28-24)18-12-26-30(14-18)11-10-29-9-7-21(16-29)33-3;1-3-20(4-2)31-16-19(14-27-31)24-23-5-8-25-32(23)17-22(28-24)18-13-26-30(15-18)12-11-29-9-6-21(33)7-10-29;1-3-19(4-2)30-14-18(12-26-30)23-22-5-7-24-31(22)16-21(27-23)17-11-25-29(13-17)10-9-28-8-6-20(32)15-28;1-3-19(4-2)30-12-17(10-26-30)22-21-5-6-24-31(21)15-20(27-22)16-9-25-29(11-16)8-7-28-13-18(23)14-28/h6,8,12-15,17,20-21H,4-5,7,9-11,16H2,1-3H3;5,8,13-17,20-21,33H,3-4,6-7,9-12H2,1-2H3;5,7,11-14,16,19-20,32H,3-4,6,8-10,15H2,1-2H3;5-6,9-12,15,18-19H,3-4,7-8,13-14H2,1-2H3/t21-;;20-;/m0.0./s1. The van der Waals surface area contributed by atoms with Crippen molar-refractivity contribution < 1.29 is 19.3 Å². The predicted octanol–water partition coefficient (Wildman–Crippen LogP) is 13.2. The lowest BCUT2D eigenvalue weighted by Crippen LogP contribution is -2.49. The van der Waals surface area contributed by atoms with Crippen LogP contribution < -0.4 is 0 Å². The number of fused-ring (bicyclic) bond motifs is 4. The molecule has 2 atom stereocenters. The van der Waals surface area contributed by atoms with Gasteiger partial charge in [0, 0.05) is 180 Å². The van der Waals surface area contributed by atoms with Crippen molar-refractivity contribution in [3.8, 4) is 90.1 Å². The highest BCUT2D eigenvalue weighted by Gasteiger charge is 2.28. The number of alkyl halides is 1. The zero-order chi connectivity index (χ0) is 89.0. The molecule has 16 aromatic rings. The van der Waals surface area contributed by atoms with E-state index in [4.69, 9.17) is 24.7 Å². The summed E-state index contributed by atoms with van der Waals surface area (Å²) in [6.45, 7) is 31.0. The highest BCUT2D eigenvalue weighted by atomic mass is 19.1. The minimum atomic E-state index is -0.675. The Bertz CT molecular complexity index is 6080. The molecule has 16 aromatic heterocycles. The number of aromatic nitrogens is 28. The average Bonchev–Trinajstić information content (AvgIpc) is 1.63. The lowest BCUT2D eigenvalue weighted by Gasteiger charge is -2.33. The predicted molar refractivity (Wildman–Crippen MR) is 492 cm³/mol. The first kappa shape index (κ1) is 88.8. The summed E-state index contributed by atoms with van der Waals surface area (Å²) in [6, 6.07) is 9.49. The Balaban J connectivity index is 0.000000121. The van der Waals surface area contributed by atoms with E-state index < -0.39 is 6.17 Å². The van der Waals surface area contributed by atoms with E-state index in [1.165, 1.54) is 0 Å². The lowest BCUT2D eigenvalue weighted by atomic mass is 10.1. The number of piperidine rings is 1. The van der Waals surface area contributed by atoms with Gasteiger partial charge >= 0.3 is 0 Å². The topological polar surface area (TPSA) is 326 Å². The smallest absolute Gasteiger partial charge is 0.125 e. The van der Waals surface area contributed by atoms with Gasteiger partial charge in [0.05, 0.1) is 235 Å². The van der Waals surface area contributed by atoms with Gasteiger partial charge in [0.2, 0.25) is 0 Å². The molecule has 36 heteroatoms. The number of aliphatic hydroxyl groups excluding tert-OH is 2. The van der Waals surface area contributed by atoms with Crippen LogP contribution in [-0.4, -0.2) is 277 Å². The first-order chi connectivity index (χ1) is 63.1. The van der Waals surface area contributed by atoms with Gasteiger partial charge in [-0.15, -0.1) is 0 Å². The van der Waals surface area contributed by atoms with Crippen LogP contribution in [0.25, 0.3) is 112 Å². The maximum Gasteiger partial charge on any atom is 0.125 e. The van der Waals surface area contributed by atoms with E-state index in [9.17, 15) is 14.6 Å². The second kappa shape index (κ2) is 41.1. The molecule has 0 spiro atoms. The van der Waals surface area contributed by atoms with Crippen LogP contribution in [0.3, 0.4) is 0 Å². The Morgan fingerprint density at radius 3 is 0.876 bits per heavy atom. The van der Waals surface area contributed by atoms with E-state index in [1.54, 1.807) is 25.7 Å². The molecule has 0 saturated carbocycles. The molecule has 2 N–H and O–H groups in total. The van der Waals surface area contributed by atoms with Crippen LogP contribution in [0.4, 0.5) is 4.39 Å². The van der Waals surface area contributed by atoms with Crippen molar-refractivity contribution in [1.82, 2.24) is 156 Å². The average molecular weight is 1750 g/mol. The Morgan fingerprint density at radius 2 is 0.589 bits per heavy atom. The minimum Gasteiger partial charge on any atom is -0.393 e. The van der Waals surface area contributed by atoms with Crippen molar-refractivity contribution in [2.75, 3.05) is 85.6 Å². The van der Waals surface area contributed by atoms with Crippen molar-refractivity contribution in [2.45, 2.75) is 207 Å². The van der Waals surface area contributed by atoms with Crippen LogP contribution in [0.15, 0.2) is 173 Å². The fraction of sp³-hybridized carbons (Fsp3) is 0.484. The van der Waals surface area contributed by atoms with E-state index in [1.807, 2.05) is 174 Å². The molecular formula is C93H121FN32O3. The van der Waals surface area contributed by atoms with Gasteiger partial charge in [0.25, 0.3) is 0 Å². The third kappa shape index (κ3) is 20.6. The Kier molecular flexibility index (Phi) is 28.3.